The Hall–Kier alpha value is -2.47. The monoisotopic (exact) mass is 356 g/mol. The molecule has 2 aromatic rings. The number of rotatable bonds is 5. The lowest BCUT2D eigenvalue weighted by atomic mass is 9.99. The van der Waals surface area contributed by atoms with E-state index in [1.165, 1.54) is 11.3 Å². The van der Waals surface area contributed by atoms with Crippen molar-refractivity contribution in [3.63, 3.8) is 0 Å². The predicted molar refractivity (Wildman–Crippen MR) is 96.8 cm³/mol. The zero-order valence-electron chi connectivity index (χ0n) is 14.4. The van der Waals surface area contributed by atoms with Gasteiger partial charge in [0.25, 0.3) is 5.91 Å². The van der Waals surface area contributed by atoms with Gasteiger partial charge in [-0.1, -0.05) is 44.2 Å². The fraction of sp³-hybridized carbons (Fsp3) is 0.316. The highest BCUT2D eigenvalue weighted by Crippen LogP contribution is 2.31. The summed E-state index contributed by atoms with van der Waals surface area (Å²) in [6.45, 7) is 5.57. The maximum absolute atomic E-state index is 12.7. The van der Waals surface area contributed by atoms with Gasteiger partial charge in [0.15, 0.2) is 11.3 Å². The average molecular weight is 356 g/mol. The first-order valence-corrected chi connectivity index (χ1v) is 9.02. The lowest BCUT2D eigenvalue weighted by Gasteiger charge is -2.19. The highest BCUT2D eigenvalue weighted by molar-refractivity contribution is 7.10. The molecule has 3 amide bonds. The van der Waals surface area contributed by atoms with E-state index in [1.807, 2.05) is 23.6 Å². The highest BCUT2D eigenvalue weighted by atomic mass is 32.1. The summed E-state index contributed by atoms with van der Waals surface area (Å²) in [4.78, 5) is 39.2. The van der Waals surface area contributed by atoms with Crippen molar-refractivity contribution in [2.24, 2.45) is 0 Å². The Kier molecular flexibility index (Phi) is 4.47. The first-order valence-electron chi connectivity index (χ1n) is 8.14. The van der Waals surface area contributed by atoms with Gasteiger partial charge in [-0.05, 0) is 29.9 Å². The second kappa shape index (κ2) is 6.44. The molecule has 0 spiro atoms. The molecule has 1 fully saturated rings. The number of imide groups is 1. The number of benzene rings is 1. The molecular weight excluding hydrogens is 336 g/mol. The molecule has 1 aliphatic rings. The summed E-state index contributed by atoms with van der Waals surface area (Å²) in [6.07, 6.45) is 0. The van der Waals surface area contributed by atoms with Gasteiger partial charge in [0.2, 0.25) is 0 Å². The SMILES string of the molecule is CC(C)c1ccc(C(=O)CN2C(=O)NC(C)(c3cccs3)C2=O)cc1. The van der Waals surface area contributed by atoms with E-state index in [9.17, 15) is 14.4 Å². The summed E-state index contributed by atoms with van der Waals surface area (Å²) in [5.41, 5.74) is 0.527. The molecule has 2 heterocycles. The number of amides is 3. The topological polar surface area (TPSA) is 66.5 Å². The molecule has 1 unspecified atom stereocenters. The molecule has 0 radical (unpaired) electrons. The molecule has 1 aromatic carbocycles. The third-order valence-corrected chi connectivity index (χ3v) is 5.58. The van der Waals surface area contributed by atoms with Gasteiger partial charge in [0, 0.05) is 10.4 Å². The van der Waals surface area contributed by atoms with E-state index in [1.54, 1.807) is 25.1 Å². The molecular formula is C19H20N2O3S. The largest absolute Gasteiger partial charge is 0.325 e. The number of urea groups is 1. The van der Waals surface area contributed by atoms with Gasteiger partial charge in [-0.15, -0.1) is 11.3 Å². The Morgan fingerprint density at radius 3 is 2.44 bits per heavy atom. The van der Waals surface area contributed by atoms with Gasteiger partial charge in [-0.2, -0.15) is 0 Å². The van der Waals surface area contributed by atoms with E-state index in [-0.39, 0.29) is 12.3 Å². The van der Waals surface area contributed by atoms with Gasteiger partial charge in [-0.25, -0.2) is 4.79 Å². The van der Waals surface area contributed by atoms with E-state index >= 15 is 0 Å². The number of hydrogen-bond donors (Lipinski definition) is 1. The average Bonchev–Trinajstić information content (AvgIpc) is 3.19. The van der Waals surface area contributed by atoms with Crippen LogP contribution in [0.3, 0.4) is 0 Å². The van der Waals surface area contributed by atoms with E-state index in [0.717, 1.165) is 15.3 Å². The first kappa shape index (κ1) is 17.4. The van der Waals surface area contributed by atoms with Crippen molar-refractivity contribution < 1.29 is 14.4 Å². The number of carbonyl (C=O) groups is 3. The van der Waals surface area contributed by atoms with Gasteiger partial charge in [0.05, 0.1) is 6.54 Å². The number of Topliss-reactive ketones (excluding diaryl/α,β-unsaturated/α-hetero) is 1. The quantitative estimate of drug-likeness (QED) is 0.658. The van der Waals surface area contributed by atoms with Crippen LogP contribution in [0.2, 0.25) is 0 Å². The number of ketones is 1. The maximum Gasteiger partial charge on any atom is 0.325 e. The highest BCUT2D eigenvalue weighted by Gasteiger charge is 2.50. The minimum atomic E-state index is -1.10. The summed E-state index contributed by atoms with van der Waals surface area (Å²) >= 11 is 1.40. The summed E-state index contributed by atoms with van der Waals surface area (Å²) in [6, 6.07) is 10.4. The van der Waals surface area contributed by atoms with E-state index in [2.05, 4.69) is 19.2 Å². The lowest BCUT2D eigenvalue weighted by molar-refractivity contribution is -0.130. The zero-order valence-corrected chi connectivity index (χ0v) is 15.2. The van der Waals surface area contributed by atoms with Gasteiger partial charge >= 0.3 is 6.03 Å². The van der Waals surface area contributed by atoms with Crippen LogP contribution in [-0.2, 0) is 10.3 Å². The Bertz CT molecular complexity index is 812. The summed E-state index contributed by atoms with van der Waals surface area (Å²) < 4.78 is 0. The molecule has 1 saturated heterocycles. The molecule has 25 heavy (non-hydrogen) atoms. The van der Waals surface area contributed by atoms with Crippen LogP contribution in [0.5, 0.6) is 0 Å². The van der Waals surface area contributed by atoms with Crippen molar-refractivity contribution in [2.75, 3.05) is 6.54 Å². The van der Waals surface area contributed by atoms with Crippen LogP contribution < -0.4 is 5.32 Å². The fourth-order valence-electron chi connectivity index (χ4n) is 2.86. The van der Waals surface area contributed by atoms with Crippen molar-refractivity contribution >= 4 is 29.1 Å². The van der Waals surface area contributed by atoms with Crippen molar-refractivity contribution in [1.82, 2.24) is 10.2 Å². The first-order chi connectivity index (χ1) is 11.8. The van der Waals surface area contributed by atoms with Crippen LogP contribution in [-0.4, -0.2) is 29.2 Å². The Morgan fingerprint density at radius 2 is 1.88 bits per heavy atom. The summed E-state index contributed by atoms with van der Waals surface area (Å²) in [5, 5.41) is 4.56. The molecule has 0 saturated carbocycles. The van der Waals surface area contributed by atoms with Gasteiger partial charge in [0.1, 0.15) is 0 Å². The molecule has 1 atom stereocenters. The number of hydrogen-bond acceptors (Lipinski definition) is 4. The number of carbonyl (C=O) groups excluding carboxylic acids is 3. The molecule has 0 bridgehead atoms. The maximum atomic E-state index is 12.7. The molecule has 130 valence electrons. The number of nitrogens with one attached hydrogen (secondary N) is 1. The molecule has 1 aliphatic heterocycles. The summed E-state index contributed by atoms with van der Waals surface area (Å²) in [5.74, 6) is -0.275. The molecule has 6 heteroatoms. The molecule has 1 N–H and O–H groups in total. The zero-order chi connectivity index (χ0) is 18.2. The standard InChI is InChI=1S/C19H20N2O3S/c1-12(2)13-6-8-14(9-7-13)15(22)11-21-17(23)19(3,20-18(21)24)16-5-4-10-25-16/h4-10,12H,11H2,1-3H3,(H,20,24). The van der Waals surface area contributed by atoms with Gasteiger partial charge < -0.3 is 5.32 Å². The Balaban J connectivity index is 1.77. The number of thiophene rings is 1. The van der Waals surface area contributed by atoms with E-state index < -0.39 is 17.5 Å². The van der Waals surface area contributed by atoms with Crippen LogP contribution >= 0.6 is 11.3 Å². The minimum absolute atomic E-state index is 0.255. The van der Waals surface area contributed by atoms with Crippen molar-refractivity contribution in [1.29, 1.82) is 0 Å². The van der Waals surface area contributed by atoms with Crippen LogP contribution in [0, 0.1) is 0 Å². The summed E-state index contributed by atoms with van der Waals surface area (Å²) in [7, 11) is 0. The van der Waals surface area contributed by atoms with Crippen LogP contribution in [0.4, 0.5) is 4.79 Å². The Morgan fingerprint density at radius 1 is 1.20 bits per heavy atom. The van der Waals surface area contributed by atoms with Crippen LogP contribution in [0.25, 0.3) is 0 Å². The smallest absolute Gasteiger partial charge is 0.319 e. The van der Waals surface area contributed by atoms with Gasteiger partial charge in [-0.3, -0.25) is 14.5 Å². The fourth-order valence-corrected chi connectivity index (χ4v) is 3.69. The third-order valence-electron chi connectivity index (χ3n) is 4.49. The van der Waals surface area contributed by atoms with E-state index in [0.29, 0.717) is 11.5 Å². The van der Waals surface area contributed by atoms with Crippen LogP contribution in [0.15, 0.2) is 41.8 Å². The third kappa shape index (κ3) is 3.09. The van der Waals surface area contributed by atoms with Crippen LogP contribution in [0.1, 0.15) is 47.5 Å². The minimum Gasteiger partial charge on any atom is -0.319 e. The van der Waals surface area contributed by atoms with Crippen molar-refractivity contribution in [3.8, 4) is 0 Å². The van der Waals surface area contributed by atoms with Crippen molar-refractivity contribution in [3.05, 3.63) is 57.8 Å². The Labute approximate surface area is 150 Å². The van der Waals surface area contributed by atoms with E-state index in [4.69, 9.17) is 0 Å². The predicted octanol–water partition coefficient (Wildman–Crippen LogP) is 3.52. The second-order valence-electron chi connectivity index (χ2n) is 6.62. The second-order valence-corrected chi connectivity index (χ2v) is 7.57. The number of nitrogens with zero attached hydrogens (tertiary/aromatic N) is 1. The molecule has 1 aromatic heterocycles. The van der Waals surface area contributed by atoms with Crippen molar-refractivity contribution in [2.45, 2.75) is 32.2 Å². The molecule has 5 nitrogen and oxygen atoms in total. The molecule has 0 aliphatic carbocycles. The normalized spacial score (nSPS) is 20.2. The lowest BCUT2D eigenvalue weighted by Crippen LogP contribution is -2.40. The molecule has 3 rings (SSSR count).